The van der Waals surface area contributed by atoms with Crippen LogP contribution < -0.4 is 10.0 Å². The van der Waals surface area contributed by atoms with Crippen LogP contribution in [0.15, 0.2) is 42.5 Å². The van der Waals surface area contributed by atoms with Gasteiger partial charge in [0.1, 0.15) is 5.75 Å². The molecule has 0 saturated heterocycles. The van der Waals surface area contributed by atoms with Gasteiger partial charge in [-0.3, -0.25) is 9.36 Å². The molecule has 0 fully saturated rings. The standard InChI is InChI=1S/C18H21O4P/c1-5-22-23(20,16-9-7-6-8-10-16)18(19)17-13(2)11-15(21-4)12-14(17)3/h6-12H,5H2,1-4H3. The maximum absolute atomic E-state index is 13.4. The lowest BCUT2D eigenvalue weighted by atomic mass is 10.0. The molecule has 5 heteroatoms. The molecule has 0 aliphatic carbocycles. The van der Waals surface area contributed by atoms with Crippen LogP contribution in [0, 0.1) is 13.8 Å². The van der Waals surface area contributed by atoms with E-state index in [1.807, 2.05) is 19.9 Å². The Bertz CT molecular complexity index is 730. The third kappa shape index (κ3) is 3.39. The van der Waals surface area contributed by atoms with Crippen molar-refractivity contribution < 1.29 is 18.6 Å². The average molecular weight is 332 g/mol. The first kappa shape index (κ1) is 17.5. The van der Waals surface area contributed by atoms with Crippen molar-refractivity contribution in [2.75, 3.05) is 13.7 Å². The second kappa shape index (κ2) is 7.12. The van der Waals surface area contributed by atoms with Gasteiger partial charge in [0.25, 0.3) is 5.52 Å². The zero-order valence-electron chi connectivity index (χ0n) is 13.8. The van der Waals surface area contributed by atoms with E-state index in [-0.39, 0.29) is 6.61 Å². The number of carbonyl (C=O) groups excluding carboxylic acids is 1. The molecule has 0 amide bonds. The van der Waals surface area contributed by atoms with E-state index in [4.69, 9.17) is 9.26 Å². The second-order valence-corrected chi connectivity index (χ2v) is 7.53. The van der Waals surface area contributed by atoms with Crippen molar-refractivity contribution in [3.05, 3.63) is 59.2 Å². The van der Waals surface area contributed by atoms with E-state index in [0.29, 0.717) is 16.6 Å². The summed E-state index contributed by atoms with van der Waals surface area (Å²) in [5, 5.41) is 0.418. The molecule has 122 valence electrons. The van der Waals surface area contributed by atoms with E-state index >= 15 is 0 Å². The smallest absolute Gasteiger partial charge is 0.300 e. The number of rotatable bonds is 6. The Morgan fingerprint density at radius 1 is 1.09 bits per heavy atom. The first-order valence-electron chi connectivity index (χ1n) is 7.44. The van der Waals surface area contributed by atoms with Crippen LogP contribution in [0.4, 0.5) is 0 Å². The van der Waals surface area contributed by atoms with Gasteiger partial charge in [-0.25, -0.2) is 0 Å². The Morgan fingerprint density at radius 3 is 2.13 bits per heavy atom. The summed E-state index contributed by atoms with van der Waals surface area (Å²) >= 11 is 0. The van der Waals surface area contributed by atoms with Crippen LogP contribution in [0.3, 0.4) is 0 Å². The van der Waals surface area contributed by atoms with E-state index in [9.17, 15) is 9.36 Å². The SMILES string of the molecule is CCOP(=O)(C(=O)c1c(C)cc(OC)cc1C)c1ccccc1. The van der Waals surface area contributed by atoms with Crippen LogP contribution in [0.25, 0.3) is 0 Å². The minimum Gasteiger partial charge on any atom is -0.497 e. The van der Waals surface area contributed by atoms with Gasteiger partial charge in [-0.15, -0.1) is 0 Å². The van der Waals surface area contributed by atoms with Crippen LogP contribution in [0.5, 0.6) is 5.75 Å². The molecule has 0 N–H and O–H groups in total. The van der Waals surface area contributed by atoms with E-state index in [2.05, 4.69) is 0 Å². The summed E-state index contributed by atoms with van der Waals surface area (Å²) in [6, 6.07) is 12.2. The van der Waals surface area contributed by atoms with Gasteiger partial charge in [0.05, 0.1) is 13.7 Å². The number of aryl methyl sites for hydroxylation is 2. The largest absolute Gasteiger partial charge is 0.497 e. The Morgan fingerprint density at radius 2 is 1.65 bits per heavy atom. The molecular weight excluding hydrogens is 311 g/mol. The maximum atomic E-state index is 13.4. The first-order valence-corrected chi connectivity index (χ1v) is 9.06. The fraction of sp³-hybridized carbons (Fsp3) is 0.278. The molecule has 1 atom stereocenters. The average Bonchev–Trinajstić information content (AvgIpc) is 2.54. The molecule has 0 saturated carbocycles. The number of ether oxygens (including phenoxy) is 1. The minimum absolute atomic E-state index is 0.201. The van der Waals surface area contributed by atoms with Gasteiger partial charge < -0.3 is 9.26 Å². The summed E-state index contributed by atoms with van der Waals surface area (Å²) in [4.78, 5) is 13.1. The van der Waals surface area contributed by atoms with E-state index in [0.717, 1.165) is 11.1 Å². The highest BCUT2D eigenvalue weighted by molar-refractivity contribution is 7.83. The van der Waals surface area contributed by atoms with E-state index in [1.54, 1.807) is 50.4 Å². The van der Waals surface area contributed by atoms with E-state index in [1.165, 1.54) is 0 Å². The molecule has 23 heavy (non-hydrogen) atoms. The lowest BCUT2D eigenvalue weighted by Gasteiger charge is -2.19. The Labute approximate surface area is 136 Å². The fourth-order valence-electron chi connectivity index (χ4n) is 2.58. The van der Waals surface area contributed by atoms with Gasteiger partial charge in [-0.1, -0.05) is 18.2 Å². The van der Waals surface area contributed by atoms with E-state index < -0.39 is 12.9 Å². The van der Waals surface area contributed by atoms with Crippen LogP contribution in [-0.2, 0) is 9.09 Å². The number of hydrogen-bond donors (Lipinski definition) is 0. The summed E-state index contributed by atoms with van der Waals surface area (Å²) in [6.45, 7) is 5.55. The number of benzene rings is 2. The molecule has 0 radical (unpaired) electrons. The Hall–Kier alpha value is -1.90. The van der Waals surface area contributed by atoms with Gasteiger partial charge in [0.15, 0.2) is 0 Å². The van der Waals surface area contributed by atoms with Crippen molar-refractivity contribution >= 4 is 18.2 Å². The summed E-state index contributed by atoms with van der Waals surface area (Å²) < 4.78 is 24.1. The highest BCUT2D eigenvalue weighted by Gasteiger charge is 2.37. The van der Waals surface area contributed by atoms with Crippen molar-refractivity contribution in [3.8, 4) is 5.75 Å². The first-order chi connectivity index (χ1) is 10.9. The molecular formula is C18H21O4P. The highest BCUT2D eigenvalue weighted by Crippen LogP contribution is 2.50. The van der Waals surface area contributed by atoms with Crippen LogP contribution in [0.2, 0.25) is 0 Å². The van der Waals surface area contributed by atoms with Crippen molar-refractivity contribution in [1.82, 2.24) is 0 Å². The Kier molecular flexibility index (Phi) is 5.40. The lowest BCUT2D eigenvalue weighted by molar-refractivity contribution is 0.105. The molecule has 0 aromatic heterocycles. The quantitative estimate of drug-likeness (QED) is 0.748. The van der Waals surface area contributed by atoms with Gasteiger partial charge in [-0.2, -0.15) is 0 Å². The van der Waals surface area contributed by atoms with Gasteiger partial charge in [0.2, 0.25) is 0 Å². The van der Waals surface area contributed by atoms with Crippen molar-refractivity contribution in [2.24, 2.45) is 0 Å². The monoisotopic (exact) mass is 332 g/mol. The summed E-state index contributed by atoms with van der Waals surface area (Å²) in [5.41, 5.74) is 1.42. The predicted octanol–water partition coefficient (Wildman–Crippen LogP) is 4.09. The third-order valence-electron chi connectivity index (χ3n) is 3.63. The normalized spacial score (nSPS) is 13.4. The maximum Gasteiger partial charge on any atom is 0.300 e. The highest BCUT2D eigenvalue weighted by atomic mass is 31.2. The third-order valence-corrected chi connectivity index (χ3v) is 5.99. The summed E-state index contributed by atoms with van der Waals surface area (Å²) in [5.74, 6) is 0.669. The van der Waals surface area contributed by atoms with Crippen molar-refractivity contribution in [2.45, 2.75) is 20.8 Å². The number of hydrogen-bond acceptors (Lipinski definition) is 4. The molecule has 0 aliphatic heterocycles. The molecule has 1 unspecified atom stereocenters. The summed E-state index contributed by atoms with van der Waals surface area (Å²) in [7, 11) is -2.07. The van der Waals surface area contributed by atoms with Crippen LogP contribution in [-0.4, -0.2) is 19.2 Å². The van der Waals surface area contributed by atoms with Crippen LogP contribution >= 0.6 is 7.37 Å². The zero-order valence-corrected chi connectivity index (χ0v) is 14.7. The molecule has 2 rings (SSSR count). The predicted molar refractivity (Wildman–Crippen MR) is 92.1 cm³/mol. The van der Waals surface area contributed by atoms with Crippen molar-refractivity contribution in [1.29, 1.82) is 0 Å². The molecule has 0 bridgehead atoms. The molecule has 0 aliphatic rings. The minimum atomic E-state index is -3.64. The zero-order chi connectivity index (χ0) is 17.0. The van der Waals surface area contributed by atoms with Gasteiger partial charge in [0, 0.05) is 10.9 Å². The van der Waals surface area contributed by atoms with Gasteiger partial charge in [-0.05, 0) is 56.2 Å². The second-order valence-electron chi connectivity index (χ2n) is 5.25. The Balaban J connectivity index is 2.58. The summed E-state index contributed by atoms with van der Waals surface area (Å²) in [6.07, 6.45) is 0. The molecule has 2 aromatic carbocycles. The molecule has 0 heterocycles. The van der Waals surface area contributed by atoms with Gasteiger partial charge >= 0.3 is 7.37 Å². The fourth-order valence-corrected chi connectivity index (χ4v) is 4.66. The topological polar surface area (TPSA) is 52.6 Å². The number of methoxy groups -OCH3 is 1. The molecule has 2 aromatic rings. The van der Waals surface area contributed by atoms with Crippen LogP contribution in [0.1, 0.15) is 28.4 Å². The molecule has 0 spiro atoms. The number of carbonyl (C=O) groups is 1. The molecule has 4 nitrogen and oxygen atoms in total. The van der Waals surface area contributed by atoms with Crippen molar-refractivity contribution in [3.63, 3.8) is 0 Å². The lowest BCUT2D eigenvalue weighted by Crippen LogP contribution is -2.17.